The Balaban J connectivity index is 1.35. The zero-order chi connectivity index (χ0) is 20.5. The highest BCUT2D eigenvalue weighted by Gasteiger charge is 2.29. The van der Waals surface area contributed by atoms with Crippen LogP contribution in [0.4, 0.5) is 0 Å². The lowest BCUT2D eigenvalue weighted by Crippen LogP contribution is -2.53. The molecule has 0 radical (unpaired) electrons. The fourth-order valence-electron chi connectivity index (χ4n) is 4.26. The van der Waals surface area contributed by atoms with Gasteiger partial charge >= 0.3 is 0 Å². The SMILES string of the molecule is Cc1cc(C)n2nc(C(=O)N3CCN(CC(=O)N4CCCCC4C)CC3)nc2n1. The van der Waals surface area contributed by atoms with E-state index in [1.54, 1.807) is 9.42 Å². The number of hydrogen-bond donors (Lipinski definition) is 0. The van der Waals surface area contributed by atoms with Crippen molar-refractivity contribution in [2.24, 2.45) is 0 Å². The van der Waals surface area contributed by atoms with Gasteiger partial charge in [-0.15, -0.1) is 5.10 Å². The summed E-state index contributed by atoms with van der Waals surface area (Å²) in [5.74, 6) is 0.655. The number of aromatic nitrogens is 4. The molecule has 0 N–H and O–H groups in total. The first-order chi connectivity index (χ1) is 13.9. The van der Waals surface area contributed by atoms with Crippen LogP contribution in [-0.2, 0) is 4.79 Å². The third-order valence-corrected chi connectivity index (χ3v) is 5.95. The number of carbonyl (C=O) groups excluding carboxylic acids is 2. The third-order valence-electron chi connectivity index (χ3n) is 5.95. The molecule has 2 aromatic heterocycles. The number of hydrogen-bond acceptors (Lipinski definition) is 6. The van der Waals surface area contributed by atoms with E-state index >= 15 is 0 Å². The molecule has 0 saturated carbocycles. The molecular weight excluding hydrogens is 370 g/mol. The lowest BCUT2D eigenvalue weighted by Gasteiger charge is -2.37. The molecular formula is C20H29N7O2. The normalized spacial score (nSPS) is 21.0. The molecule has 29 heavy (non-hydrogen) atoms. The van der Waals surface area contributed by atoms with Gasteiger partial charge in [0.05, 0.1) is 6.54 Å². The maximum atomic E-state index is 12.9. The quantitative estimate of drug-likeness (QED) is 0.762. The second kappa shape index (κ2) is 8.06. The first-order valence-corrected chi connectivity index (χ1v) is 10.4. The number of piperidine rings is 1. The van der Waals surface area contributed by atoms with Gasteiger partial charge in [0.2, 0.25) is 11.7 Å². The van der Waals surface area contributed by atoms with Crippen molar-refractivity contribution >= 4 is 17.6 Å². The number of nitrogens with zero attached hydrogens (tertiary/aromatic N) is 7. The molecule has 2 saturated heterocycles. The Labute approximate surface area is 170 Å². The molecule has 0 aromatic carbocycles. The van der Waals surface area contributed by atoms with Gasteiger partial charge in [0.1, 0.15) is 0 Å². The largest absolute Gasteiger partial charge is 0.339 e. The minimum atomic E-state index is -0.178. The maximum Gasteiger partial charge on any atom is 0.293 e. The molecule has 9 heteroatoms. The second-order valence-corrected chi connectivity index (χ2v) is 8.19. The van der Waals surface area contributed by atoms with Gasteiger partial charge in [-0.25, -0.2) is 9.50 Å². The molecule has 156 valence electrons. The van der Waals surface area contributed by atoms with Crippen LogP contribution < -0.4 is 0 Å². The first kappa shape index (κ1) is 19.8. The zero-order valence-corrected chi connectivity index (χ0v) is 17.5. The minimum Gasteiger partial charge on any atom is -0.339 e. The van der Waals surface area contributed by atoms with Crippen molar-refractivity contribution < 1.29 is 9.59 Å². The van der Waals surface area contributed by atoms with Crippen molar-refractivity contribution in [3.05, 3.63) is 23.3 Å². The average Bonchev–Trinajstić information content (AvgIpc) is 3.12. The molecule has 0 spiro atoms. The molecule has 4 rings (SSSR count). The van der Waals surface area contributed by atoms with Crippen LogP contribution in [0.15, 0.2) is 6.07 Å². The summed E-state index contributed by atoms with van der Waals surface area (Å²) in [6, 6.07) is 2.25. The topological polar surface area (TPSA) is 86.9 Å². The lowest BCUT2D eigenvalue weighted by atomic mass is 10.0. The van der Waals surface area contributed by atoms with Gasteiger partial charge in [0.25, 0.3) is 11.7 Å². The van der Waals surface area contributed by atoms with Crippen LogP contribution in [0.1, 0.15) is 48.2 Å². The summed E-state index contributed by atoms with van der Waals surface area (Å²) in [5, 5.41) is 4.34. The number of carbonyl (C=O) groups is 2. The summed E-state index contributed by atoms with van der Waals surface area (Å²) in [5.41, 5.74) is 1.75. The van der Waals surface area contributed by atoms with E-state index in [1.807, 2.05) is 24.8 Å². The van der Waals surface area contributed by atoms with Crippen molar-refractivity contribution in [3.8, 4) is 0 Å². The molecule has 2 aliphatic rings. The highest BCUT2D eigenvalue weighted by molar-refractivity contribution is 5.91. The van der Waals surface area contributed by atoms with Crippen LogP contribution in [0.2, 0.25) is 0 Å². The highest BCUT2D eigenvalue weighted by atomic mass is 16.2. The van der Waals surface area contributed by atoms with Gasteiger partial charge in [-0.3, -0.25) is 14.5 Å². The predicted octanol–water partition coefficient (Wildman–Crippen LogP) is 0.900. The van der Waals surface area contributed by atoms with Gasteiger partial charge in [0, 0.05) is 50.2 Å². The number of aryl methyl sites for hydroxylation is 2. The Kier molecular flexibility index (Phi) is 5.49. The van der Waals surface area contributed by atoms with Crippen LogP contribution in [-0.4, -0.2) is 91.4 Å². The molecule has 2 amide bonds. The molecule has 4 heterocycles. The van der Waals surface area contributed by atoms with Crippen molar-refractivity contribution in [2.75, 3.05) is 39.3 Å². The number of amides is 2. The van der Waals surface area contributed by atoms with Crippen molar-refractivity contribution in [3.63, 3.8) is 0 Å². The van der Waals surface area contributed by atoms with Crippen molar-refractivity contribution in [1.82, 2.24) is 34.3 Å². The van der Waals surface area contributed by atoms with Crippen LogP contribution in [0.25, 0.3) is 5.78 Å². The van der Waals surface area contributed by atoms with E-state index in [2.05, 4.69) is 26.9 Å². The van der Waals surface area contributed by atoms with Gasteiger partial charge < -0.3 is 9.80 Å². The Bertz CT molecular complexity index is 917. The molecule has 2 aromatic rings. The van der Waals surface area contributed by atoms with Crippen LogP contribution >= 0.6 is 0 Å². The number of rotatable bonds is 3. The van der Waals surface area contributed by atoms with E-state index in [0.717, 1.165) is 30.8 Å². The Hall–Kier alpha value is -2.55. The van der Waals surface area contributed by atoms with Gasteiger partial charge in [-0.1, -0.05) is 0 Å². The third kappa shape index (κ3) is 4.10. The fourth-order valence-corrected chi connectivity index (χ4v) is 4.26. The number of piperazine rings is 1. The molecule has 2 fully saturated rings. The van der Waals surface area contributed by atoms with Crippen LogP contribution in [0, 0.1) is 13.8 Å². The van der Waals surface area contributed by atoms with E-state index in [-0.39, 0.29) is 17.6 Å². The molecule has 2 aliphatic heterocycles. The zero-order valence-electron chi connectivity index (χ0n) is 17.5. The summed E-state index contributed by atoms with van der Waals surface area (Å²) in [7, 11) is 0. The number of likely N-dealkylation sites (tertiary alicyclic amines) is 1. The molecule has 0 bridgehead atoms. The molecule has 9 nitrogen and oxygen atoms in total. The van der Waals surface area contributed by atoms with E-state index in [1.165, 1.54) is 6.42 Å². The minimum absolute atomic E-state index is 0.178. The van der Waals surface area contributed by atoms with Crippen molar-refractivity contribution in [2.45, 2.75) is 46.1 Å². The van der Waals surface area contributed by atoms with E-state index in [9.17, 15) is 9.59 Å². The Morgan fingerprint density at radius 2 is 1.83 bits per heavy atom. The van der Waals surface area contributed by atoms with Crippen LogP contribution in [0.3, 0.4) is 0 Å². The van der Waals surface area contributed by atoms with Crippen molar-refractivity contribution in [1.29, 1.82) is 0 Å². The summed E-state index contributed by atoms with van der Waals surface area (Å²) >= 11 is 0. The summed E-state index contributed by atoms with van der Waals surface area (Å²) < 4.78 is 1.61. The Morgan fingerprint density at radius 1 is 1.07 bits per heavy atom. The summed E-state index contributed by atoms with van der Waals surface area (Å²) in [6.07, 6.45) is 3.39. The maximum absolute atomic E-state index is 12.9. The molecule has 0 aliphatic carbocycles. The molecule has 1 atom stereocenters. The summed E-state index contributed by atoms with van der Waals surface area (Å²) in [6.45, 7) is 9.76. The highest BCUT2D eigenvalue weighted by Crippen LogP contribution is 2.17. The first-order valence-electron chi connectivity index (χ1n) is 10.4. The number of fused-ring (bicyclic) bond motifs is 1. The van der Waals surface area contributed by atoms with E-state index < -0.39 is 0 Å². The van der Waals surface area contributed by atoms with E-state index in [0.29, 0.717) is 44.5 Å². The Morgan fingerprint density at radius 3 is 2.55 bits per heavy atom. The smallest absolute Gasteiger partial charge is 0.293 e. The van der Waals surface area contributed by atoms with E-state index in [4.69, 9.17) is 0 Å². The average molecular weight is 399 g/mol. The van der Waals surface area contributed by atoms with Gasteiger partial charge in [-0.05, 0) is 46.1 Å². The van der Waals surface area contributed by atoms with Gasteiger partial charge in [0.15, 0.2) is 0 Å². The lowest BCUT2D eigenvalue weighted by molar-refractivity contribution is -0.136. The van der Waals surface area contributed by atoms with Gasteiger partial charge in [-0.2, -0.15) is 4.98 Å². The predicted molar refractivity (Wildman–Crippen MR) is 108 cm³/mol. The summed E-state index contributed by atoms with van der Waals surface area (Å²) in [4.78, 5) is 40.1. The fraction of sp³-hybridized carbons (Fsp3) is 0.650. The molecule has 1 unspecified atom stereocenters. The monoisotopic (exact) mass is 399 g/mol. The standard InChI is InChI=1S/C20H29N7O2/c1-14-12-16(3)27-20(21-14)22-18(23-27)19(29)25-10-8-24(9-11-25)13-17(28)26-7-5-4-6-15(26)2/h12,15H,4-11,13H2,1-3H3. The van der Waals surface area contributed by atoms with Crippen LogP contribution in [0.5, 0.6) is 0 Å². The second-order valence-electron chi connectivity index (χ2n) is 8.19.